The average molecular weight is 308 g/mol. The highest BCUT2D eigenvalue weighted by Crippen LogP contribution is 2.25. The van der Waals surface area contributed by atoms with Crippen molar-refractivity contribution in [1.29, 1.82) is 0 Å². The summed E-state index contributed by atoms with van der Waals surface area (Å²) < 4.78 is 36.5. The van der Waals surface area contributed by atoms with Crippen molar-refractivity contribution in [2.75, 3.05) is 7.11 Å². The van der Waals surface area contributed by atoms with E-state index in [0.29, 0.717) is 11.6 Å². The maximum Gasteiger partial charge on any atom is 0.280 e. The smallest absolute Gasteiger partial charge is 0.280 e. The molecule has 0 aliphatic heterocycles. The molecule has 0 N–H and O–H groups in total. The SMILES string of the molecule is COc1cnc(-c2noc(-c3cc(C(F)F)n(C)n3)n2)cn1. The molecule has 0 spiro atoms. The molecule has 114 valence electrons. The van der Waals surface area contributed by atoms with Crippen LogP contribution in [0.3, 0.4) is 0 Å². The molecule has 3 heterocycles. The Hall–Kier alpha value is -2.91. The van der Waals surface area contributed by atoms with Crippen LogP contribution in [-0.2, 0) is 7.05 Å². The first-order valence-corrected chi connectivity index (χ1v) is 6.11. The second-order valence-electron chi connectivity index (χ2n) is 4.25. The number of methoxy groups -OCH3 is 1. The molecule has 0 aliphatic rings. The Morgan fingerprint density at radius 2 is 2.05 bits per heavy atom. The lowest BCUT2D eigenvalue weighted by atomic mass is 10.3. The maximum absolute atomic E-state index is 12.7. The number of hydrogen-bond donors (Lipinski definition) is 0. The van der Waals surface area contributed by atoms with Gasteiger partial charge in [-0.2, -0.15) is 10.1 Å². The van der Waals surface area contributed by atoms with Crippen LogP contribution >= 0.6 is 0 Å². The van der Waals surface area contributed by atoms with Gasteiger partial charge in [-0.25, -0.2) is 18.7 Å². The molecule has 0 saturated heterocycles. The van der Waals surface area contributed by atoms with Gasteiger partial charge in [0.25, 0.3) is 12.3 Å². The first kappa shape index (κ1) is 14.0. The Bertz CT molecular complexity index is 783. The zero-order valence-corrected chi connectivity index (χ0v) is 11.6. The fourth-order valence-electron chi connectivity index (χ4n) is 1.76. The quantitative estimate of drug-likeness (QED) is 0.726. The van der Waals surface area contributed by atoms with Gasteiger partial charge >= 0.3 is 0 Å². The van der Waals surface area contributed by atoms with Crippen molar-refractivity contribution in [2.24, 2.45) is 7.05 Å². The summed E-state index contributed by atoms with van der Waals surface area (Å²) in [6.45, 7) is 0. The number of ether oxygens (including phenoxy) is 1. The van der Waals surface area contributed by atoms with E-state index in [0.717, 1.165) is 4.68 Å². The molecular formula is C12H10F2N6O2. The van der Waals surface area contributed by atoms with Crippen LogP contribution in [0.2, 0.25) is 0 Å². The van der Waals surface area contributed by atoms with Crippen LogP contribution in [0.15, 0.2) is 23.0 Å². The number of nitrogens with zero attached hydrogens (tertiary/aromatic N) is 6. The standard InChI is InChI=1S/C12H10F2N6O2/c1-20-8(10(13)14)3-6(18-20)12-17-11(19-22-12)7-4-16-9(21-2)5-15-7/h3-5,10H,1-2H3. The van der Waals surface area contributed by atoms with Crippen LogP contribution in [0.1, 0.15) is 12.1 Å². The van der Waals surface area contributed by atoms with Crippen molar-refractivity contribution in [3.8, 4) is 29.0 Å². The summed E-state index contributed by atoms with van der Waals surface area (Å²) in [5.41, 5.74) is 0.290. The van der Waals surface area contributed by atoms with Crippen LogP contribution in [0.5, 0.6) is 5.88 Å². The van der Waals surface area contributed by atoms with Crippen LogP contribution in [0, 0.1) is 0 Å². The monoisotopic (exact) mass is 308 g/mol. The molecule has 0 unspecified atom stereocenters. The third kappa shape index (κ3) is 2.50. The van der Waals surface area contributed by atoms with Gasteiger partial charge < -0.3 is 9.26 Å². The fourth-order valence-corrected chi connectivity index (χ4v) is 1.76. The van der Waals surface area contributed by atoms with Crippen LogP contribution in [0.25, 0.3) is 23.1 Å². The lowest BCUT2D eigenvalue weighted by molar-refractivity contribution is 0.141. The van der Waals surface area contributed by atoms with Gasteiger partial charge in [-0.1, -0.05) is 5.16 Å². The summed E-state index contributed by atoms with van der Waals surface area (Å²) in [6.07, 6.45) is 0.179. The molecule has 3 aromatic heterocycles. The van der Waals surface area contributed by atoms with Gasteiger partial charge in [-0.15, -0.1) is 0 Å². The summed E-state index contributed by atoms with van der Waals surface area (Å²) >= 11 is 0. The van der Waals surface area contributed by atoms with Gasteiger partial charge in [0.2, 0.25) is 11.7 Å². The summed E-state index contributed by atoms with van der Waals surface area (Å²) in [7, 11) is 2.88. The Labute approximate surface area is 122 Å². The number of halogens is 2. The predicted octanol–water partition coefficient (Wildman–Crippen LogP) is 1.87. The van der Waals surface area contributed by atoms with E-state index in [1.807, 2.05) is 0 Å². The molecule has 0 saturated carbocycles. The number of aromatic nitrogens is 6. The topological polar surface area (TPSA) is 91.8 Å². The van der Waals surface area contributed by atoms with E-state index in [4.69, 9.17) is 9.26 Å². The number of alkyl halides is 2. The zero-order valence-electron chi connectivity index (χ0n) is 11.6. The Kier molecular flexibility index (Phi) is 3.49. The Morgan fingerprint density at radius 1 is 1.23 bits per heavy atom. The van der Waals surface area contributed by atoms with Gasteiger partial charge in [0, 0.05) is 7.05 Å². The lowest BCUT2D eigenvalue weighted by Gasteiger charge is -1.96. The number of aryl methyl sites for hydroxylation is 1. The van der Waals surface area contributed by atoms with Crippen molar-refractivity contribution < 1.29 is 18.0 Å². The van der Waals surface area contributed by atoms with Gasteiger partial charge in [-0.05, 0) is 6.07 Å². The highest BCUT2D eigenvalue weighted by molar-refractivity contribution is 5.53. The van der Waals surface area contributed by atoms with Crippen molar-refractivity contribution in [3.63, 3.8) is 0 Å². The average Bonchev–Trinajstić information content (AvgIpc) is 3.14. The molecule has 0 radical (unpaired) electrons. The molecule has 0 fully saturated rings. The van der Waals surface area contributed by atoms with E-state index < -0.39 is 6.43 Å². The molecule has 0 amide bonds. The summed E-state index contributed by atoms with van der Waals surface area (Å²) in [6, 6.07) is 1.20. The summed E-state index contributed by atoms with van der Waals surface area (Å²) in [5, 5.41) is 7.66. The highest BCUT2D eigenvalue weighted by atomic mass is 19.3. The second-order valence-corrected chi connectivity index (χ2v) is 4.25. The minimum Gasteiger partial charge on any atom is -0.480 e. The van der Waals surface area contributed by atoms with Crippen molar-refractivity contribution in [3.05, 3.63) is 24.2 Å². The number of rotatable bonds is 4. The Balaban J connectivity index is 1.91. The Morgan fingerprint density at radius 3 is 2.64 bits per heavy atom. The third-order valence-electron chi connectivity index (χ3n) is 2.85. The molecule has 8 nitrogen and oxygen atoms in total. The lowest BCUT2D eigenvalue weighted by Crippen LogP contribution is -1.97. The molecule has 0 aromatic carbocycles. The minimum absolute atomic E-state index is 0.0233. The van der Waals surface area contributed by atoms with Crippen LogP contribution in [0.4, 0.5) is 8.78 Å². The van der Waals surface area contributed by atoms with E-state index in [9.17, 15) is 8.78 Å². The molecule has 10 heteroatoms. The molecule has 22 heavy (non-hydrogen) atoms. The molecule has 0 bridgehead atoms. The largest absolute Gasteiger partial charge is 0.480 e. The molecule has 0 atom stereocenters. The van der Waals surface area contributed by atoms with Gasteiger partial charge in [0.05, 0.1) is 19.5 Å². The van der Waals surface area contributed by atoms with Gasteiger partial charge in [-0.3, -0.25) is 4.68 Å². The van der Waals surface area contributed by atoms with E-state index in [-0.39, 0.29) is 23.1 Å². The summed E-state index contributed by atoms with van der Waals surface area (Å²) in [4.78, 5) is 12.1. The third-order valence-corrected chi connectivity index (χ3v) is 2.85. The predicted molar refractivity (Wildman–Crippen MR) is 69.0 cm³/mol. The van der Waals surface area contributed by atoms with E-state index in [2.05, 4.69) is 25.2 Å². The highest BCUT2D eigenvalue weighted by Gasteiger charge is 2.19. The van der Waals surface area contributed by atoms with Crippen LogP contribution in [-0.4, -0.2) is 37.0 Å². The zero-order chi connectivity index (χ0) is 15.7. The fraction of sp³-hybridized carbons (Fsp3) is 0.250. The van der Waals surface area contributed by atoms with Crippen LogP contribution < -0.4 is 4.74 Å². The number of hydrogen-bond acceptors (Lipinski definition) is 7. The molecule has 3 aromatic rings. The van der Waals surface area contributed by atoms with E-state index in [1.165, 1.54) is 32.6 Å². The van der Waals surface area contributed by atoms with Crippen molar-refractivity contribution in [1.82, 2.24) is 29.9 Å². The maximum atomic E-state index is 12.7. The summed E-state index contributed by atoms with van der Waals surface area (Å²) in [5.74, 6) is 0.545. The second kappa shape index (κ2) is 5.47. The molecular weight excluding hydrogens is 298 g/mol. The van der Waals surface area contributed by atoms with E-state index in [1.54, 1.807) is 0 Å². The van der Waals surface area contributed by atoms with Gasteiger partial charge in [0.15, 0.2) is 5.69 Å². The molecule has 0 aliphatic carbocycles. The van der Waals surface area contributed by atoms with E-state index >= 15 is 0 Å². The first-order chi connectivity index (χ1) is 10.6. The van der Waals surface area contributed by atoms with Crippen molar-refractivity contribution >= 4 is 0 Å². The minimum atomic E-state index is -2.64. The van der Waals surface area contributed by atoms with Crippen molar-refractivity contribution in [2.45, 2.75) is 6.43 Å². The van der Waals surface area contributed by atoms with Gasteiger partial charge in [0.1, 0.15) is 11.4 Å². The first-order valence-electron chi connectivity index (χ1n) is 6.11. The molecule has 3 rings (SSSR count). The normalized spacial score (nSPS) is 11.1.